The van der Waals surface area contributed by atoms with Gasteiger partial charge in [0.15, 0.2) is 17.5 Å². The molecule has 0 radical (unpaired) electrons. The van der Waals surface area contributed by atoms with Gasteiger partial charge in [0, 0.05) is 36.2 Å². The van der Waals surface area contributed by atoms with Crippen LogP contribution in [0.4, 0.5) is 20.2 Å². The van der Waals surface area contributed by atoms with Crippen LogP contribution in [0.1, 0.15) is 29.2 Å². The number of nitrogen functional groups attached to an aromatic ring is 1. The number of hydrogen-bond acceptors (Lipinski definition) is 4. The Kier molecular flexibility index (Phi) is 5.34. The molecule has 4 aromatic rings. The van der Waals surface area contributed by atoms with E-state index in [1.54, 1.807) is 6.07 Å². The number of halogens is 2. The third kappa shape index (κ3) is 4.19. The molecule has 0 amide bonds. The number of aliphatic imine (C=N–C) groups is 1. The number of fused-ring (bicyclic) bond motifs is 2. The second-order valence-corrected chi connectivity index (χ2v) is 8.51. The van der Waals surface area contributed by atoms with Gasteiger partial charge < -0.3 is 15.8 Å². The van der Waals surface area contributed by atoms with Crippen molar-refractivity contribution in [2.24, 2.45) is 4.99 Å². The van der Waals surface area contributed by atoms with Gasteiger partial charge in [0.2, 0.25) is 0 Å². The molecular weight excluding hydrogens is 422 g/mol. The molecule has 5 nitrogen and oxygen atoms in total. The number of aromatic hydroxyl groups is 1. The molecule has 5 rings (SSSR count). The zero-order chi connectivity index (χ0) is 23.1. The number of H-pyrrole nitrogens is 1. The Morgan fingerprint density at radius 3 is 2.55 bits per heavy atom. The van der Waals surface area contributed by atoms with Crippen molar-refractivity contribution in [1.29, 1.82) is 0 Å². The molecular formula is C26H24F2N4O. The van der Waals surface area contributed by atoms with E-state index in [0.29, 0.717) is 36.5 Å². The van der Waals surface area contributed by atoms with Gasteiger partial charge in [0.05, 0.1) is 17.0 Å². The molecule has 1 aliphatic heterocycles. The topological polar surface area (TPSA) is 77.6 Å². The fourth-order valence-corrected chi connectivity index (χ4v) is 4.49. The van der Waals surface area contributed by atoms with Crippen LogP contribution in [0.5, 0.6) is 5.88 Å². The average molecular weight is 447 g/mol. The second kappa shape index (κ2) is 8.33. The predicted octanol–water partition coefficient (Wildman–Crippen LogP) is 5.43. The first-order valence-electron chi connectivity index (χ1n) is 10.8. The molecule has 4 N–H and O–H groups in total. The van der Waals surface area contributed by atoms with Crippen LogP contribution >= 0.6 is 0 Å². The maximum atomic E-state index is 13.6. The molecule has 0 spiro atoms. The van der Waals surface area contributed by atoms with Gasteiger partial charge in [0.25, 0.3) is 0 Å². The van der Waals surface area contributed by atoms with E-state index in [2.05, 4.69) is 14.9 Å². The van der Waals surface area contributed by atoms with Crippen molar-refractivity contribution in [3.05, 3.63) is 88.5 Å². The maximum absolute atomic E-state index is 13.6. The molecule has 0 saturated carbocycles. The molecule has 7 heteroatoms. The van der Waals surface area contributed by atoms with Crippen LogP contribution in [0.25, 0.3) is 10.9 Å². The van der Waals surface area contributed by atoms with Crippen molar-refractivity contribution in [3.8, 4) is 5.88 Å². The van der Waals surface area contributed by atoms with Crippen molar-refractivity contribution in [2.75, 3.05) is 12.3 Å². The zero-order valence-corrected chi connectivity index (χ0v) is 18.2. The lowest BCUT2D eigenvalue weighted by Crippen LogP contribution is -2.30. The minimum atomic E-state index is -0.794. The third-order valence-corrected chi connectivity index (χ3v) is 6.14. The number of nitrogens with one attached hydrogen (secondary N) is 1. The molecule has 168 valence electrons. The van der Waals surface area contributed by atoms with Gasteiger partial charge in [-0.2, -0.15) is 0 Å². The van der Waals surface area contributed by atoms with E-state index >= 15 is 0 Å². The molecule has 33 heavy (non-hydrogen) atoms. The van der Waals surface area contributed by atoms with Crippen LogP contribution in [0.3, 0.4) is 0 Å². The van der Waals surface area contributed by atoms with Crippen LogP contribution in [-0.4, -0.2) is 27.2 Å². The molecule has 3 aromatic carbocycles. The zero-order valence-electron chi connectivity index (χ0n) is 18.2. The summed E-state index contributed by atoms with van der Waals surface area (Å²) in [5, 5.41) is 11.2. The van der Waals surface area contributed by atoms with Gasteiger partial charge in [-0.05, 0) is 72.5 Å². The molecule has 0 atom stereocenters. The van der Waals surface area contributed by atoms with E-state index in [0.717, 1.165) is 39.8 Å². The lowest BCUT2D eigenvalue weighted by Gasteiger charge is -2.29. The van der Waals surface area contributed by atoms with E-state index < -0.39 is 11.6 Å². The van der Waals surface area contributed by atoms with Gasteiger partial charge in [-0.15, -0.1) is 0 Å². The van der Waals surface area contributed by atoms with Gasteiger partial charge in [-0.3, -0.25) is 9.89 Å². The fourth-order valence-electron chi connectivity index (χ4n) is 4.49. The average Bonchev–Trinajstić information content (AvgIpc) is 3.11. The fraction of sp³-hybridized carbons (Fsp3) is 0.192. The van der Waals surface area contributed by atoms with Gasteiger partial charge >= 0.3 is 0 Å². The highest BCUT2D eigenvalue weighted by molar-refractivity contribution is 6.13. The Bertz CT molecular complexity index is 1380. The van der Waals surface area contributed by atoms with Gasteiger partial charge in [0.1, 0.15) is 0 Å². The Hall–Kier alpha value is -3.71. The number of rotatable bonds is 4. The number of anilines is 1. The van der Waals surface area contributed by atoms with Crippen LogP contribution < -0.4 is 5.73 Å². The summed E-state index contributed by atoms with van der Waals surface area (Å²) in [7, 11) is 0. The first-order valence-corrected chi connectivity index (χ1v) is 10.8. The Balaban J connectivity index is 1.32. The summed E-state index contributed by atoms with van der Waals surface area (Å²) in [6.07, 6.45) is 0.701. The number of nitrogens with two attached hydrogens (primary N) is 1. The Morgan fingerprint density at radius 1 is 1.06 bits per heavy atom. The minimum Gasteiger partial charge on any atom is -0.494 e. The number of aromatic amines is 1. The standard InChI is InChI=1S/C26H24F2N4O/c1-15(25-21-12-19(29)4-7-24(21)31-26(25)33)30-20-5-2-16(3-6-20)13-32-9-8-17-10-22(27)23(28)11-18(17)14-32/h2-7,10-12,31,33H,8-9,13-14,29H2,1H3. The second-order valence-electron chi connectivity index (χ2n) is 8.51. The van der Waals surface area contributed by atoms with Crippen molar-refractivity contribution in [2.45, 2.75) is 26.4 Å². The smallest absolute Gasteiger partial charge is 0.198 e. The summed E-state index contributed by atoms with van der Waals surface area (Å²) in [5.74, 6) is -1.51. The summed E-state index contributed by atoms with van der Waals surface area (Å²) in [6, 6.07) is 16.0. The molecule has 0 bridgehead atoms. The third-order valence-electron chi connectivity index (χ3n) is 6.14. The molecule has 0 aliphatic carbocycles. The minimum absolute atomic E-state index is 0.0650. The summed E-state index contributed by atoms with van der Waals surface area (Å²) in [4.78, 5) is 9.86. The quantitative estimate of drug-likeness (QED) is 0.289. The van der Waals surface area contributed by atoms with E-state index in [1.165, 1.54) is 12.1 Å². The van der Waals surface area contributed by atoms with Gasteiger partial charge in [-0.25, -0.2) is 8.78 Å². The summed E-state index contributed by atoms with van der Waals surface area (Å²) in [5.41, 5.74) is 12.3. The van der Waals surface area contributed by atoms with Crippen LogP contribution in [0.15, 0.2) is 59.6 Å². The first kappa shape index (κ1) is 21.2. The normalized spacial score (nSPS) is 14.6. The first-order chi connectivity index (χ1) is 15.9. The molecule has 1 aromatic heterocycles. The largest absolute Gasteiger partial charge is 0.494 e. The van der Waals surface area contributed by atoms with E-state index in [4.69, 9.17) is 5.73 Å². The van der Waals surface area contributed by atoms with E-state index in [9.17, 15) is 13.9 Å². The summed E-state index contributed by atoms with van der Waals surface area (Å²) >= 11 is 0. The van der Waals surface area contributed by atoms with Crippen LogP contribution in [-0.2, 0) is 19.5 Å². The number of hydrogen-bond donors (Lipinski definition) is 3. The highest BCUT2D eigenvalue weighted by Gasteiger charge is 2.19. The van der Waals surface area contributed by atoms with E-state index in [-0.39, 0.29) is 5.88 Å². The van der Waals surface area contributed by atoms with Gasteiger partial charge in [-0.1, -0.05) is 12.1 Å². The summed E-state index contributed by atoms with van der Waals surface area (Å²) < 4.78 is 27.1. The van der Waals surface area contributed by atoms with E-state index in [1.807, 2.05) is 43.3 Å². The Morgan fingerprint density at radius 2 is 1.79 bits per heavy atom. The molecule has 2 heterocycles. The molecule has 1 aliphatic rings. The number of aromatic nitrogens is 1. The highest BCUT2D eigenvalue weighted by atomic mass is 19.2. The van der Waals surface area contributed by atoms with Crippen molar-refractivity contribution in [3.63, 3.8) is 0 Å². The Labute approximate surface area is 190 Å². The molecule has 0 fully saturated rings. The molecule has 0 saturated heterocycles. The number of benzene rings is 3. The SMILES string of the molecule is CC(=Nc1ccc(CN2CCc3cc(F)c(F)cc3C2)cc1)c1c(O)[nH]c2ccc(N)cc12. The highest BCUT2D eigenvalue weighted by Crippen LogP contribution is 2.30. The van der Waals surface area contributed by atoms with Crippen LogP contribution in [0, 0.1) is 11.6 Å². The number of nitrogens with zero attached hydrogens (tertiary/aromatic N) is 2. The monoisotopic (exact) mass is 446 g/mol. The van der Waals surface area contributed by atoms with Crippen molar-refractivity contribution < 1.29 is 13.9 Å². The van der Waals surface area contributed by atoms with Crippen molar-refractivity contribution in [1.82, 2.24) is 9.88 Å². The predicted molar refractivity (Wildman–Crippen MR) is 127 cm³/mol. The maximum Gasteiger partial charge on any atom is 0.198 e. The molecule has 0 unspecified atom stereocenters. The van der Waals surface area contributed by atoms with Crippen LogP contribution in [0.2, 0.25) is 0 Å². The lowest BCUT2D eigenvalue weighted by atomic mass is 9.99. The van der Waals surface area contributed by atoms with Crippen molar-refractivity contribution >= 4 is 28.0 Å². The summed E-state index contributed by atoms with van der Waals surface area (Å²) in [6.45, 7) is 3.95. The lowest BCUT2D eigenvalue weighted by molar-refractivity contribution is 0.244.